The van der Waals surface area contributed by atoms with Crippen molar-refractivity contribution in [1.29, 1.82) is 0 Å². The van der Waals surface area contributed by atoms with Gasteiger partial charge in [0.2, 0.25) is 5.91 Å². The van der Waals surface area contributed by atoms with E-state index in [1.165, 1.54) is 6.92 Å². The van der Waals surface area contributed by atoms with Crippen LogP contribution in [0, 0.1) is 0 Å². The Kier molecular flexibility index (Phi) is 10.1. The average molecular weight is 517 g/mol. The topological polar surface area (TPSA) is 140 Å². The van der Waals surface area contributed by atoms with Gasteiger partial charge in [0.05, 0.1) is 13.0 Å². The molecule has 0 saturated carbocycles. The molecule has 0 radical (unpaired) electrons. The van der Waals surface area contributed by atoms with Gasteiger partial charge in [-0.2, -0.15) is 18.7 Å². The molecule has 1 aromatic carbocycles. The minimum absolute atomic E-state index is 0.0122. The summed E-state index contributed by atoms with van der Waals surface area (Å²) in [7, 11) is 1.08. The lowest BCUT2D eigenvalue weighted by atomic mass is 10.1. The fourth-order valence-corrected chi connectivity index (χ4v) is 3.04. The number of likely N-dealkylation sites (N-methyl/N-ethyl adjacent to an activating group) is 1. The van der Waals surface area contributed by atoms with Gasteiger partial charge in [-0.05, 0) is 31.0 Å². The summed E-state index contributed by atoms with van der Waals surface area (Å²) in [5.41, 5.74) is 2.49. The first kappa shape index (κ1) is 28.4. The molecule has 0 bridgehead atoms. The largest absolute Gasteiger partial charge is 0.471 e. The van der Waals surface area contributed by atoms with Crippen molar-refractivity contribution in [3.05, 3.63) is 23.8 Å². The van der Waals surface area contributed by atoms with Crippen LogP contribution in [0.1, 0.15) is 38.2 Å². The first-order valence-corrected chi connectivity index (χ1v) is 10.9. The normalized spacial score (nSPS) is 15.0. The first-order valence-electron chi connectivity index (χ1n) is 10.9. The van der Waals surface area contributed by atoms with E-state index in [9.17, 15) is 37.1 Å². The summed E-state index contributed by atoms with van der Waals surface area (Å²) in [5.74, 6) is -3.21. The van der Waals surface area contributed by atoms with E-state index in [0.29, 0.717) is 28.2 Å². The smallest absolute Gasteiger partial charge is 0.449 e. The van der Waals surface area contributed by atoms with E-state index in [1.807, 2.05) is 5.48 Å². The van der Waals surface area contributed by atoms with Crippen LogP contribution in [-0.2, 0) is 35.2 Å². The molecule has 0 aliphatic carbocycles. The Labute approximate surface area is 204 Å². The Balaban J connectivity index is 1.74. The molecular weight excluding hydrogens is 491 g/mol. The summed E-state index contributed by atoms with van der Waals surface area (Å²) in [6.45, 7) is 1.43. The summed E-state index contributed by atoms with van der Waals surface area (Å²) >= 11 is 0. The zero-order chi connectivity index (χ0) is 26.9. The van der Waals surface area contributed by atoms with Crippen LogP contribution >= 0.6 is 0 Å². The number of amides is 3. The number of hydroxylamine groups is 1. The summed E-state index contributed by atoms with van der Waals surface area (Å²) in [4.78, 5) is 61.4. The predicted molar refractivity (Wildman–Crippen MR) is 115 cm³/mol. The van der Waals surface area contributed by atoms with Gasteiger partial charge in [-0.3, -0.25) is 14.4 Å². The molecule has 1 aliphatic rings. The fourth-order valence-electron chi connectivity index (χ4n) is 3.04. The van der Waals surface area contributed by atoms with Crippen LogP contribution in [0.3, 0.4) is 0 Å². The standard InChI is InChI=1S/C22H26F3N3O8/c1-13(28(2)21(33)22(23,24)25)10-14-5-6-15-16(11-14)35-20(34-15)12-26-17(30)7-8-19(32)36-27-18(31)4-3-9-29/h5-6,9,11,13,20H,3-4,7-8,10,12H2,1-2H3,(H,26,30)(H,27,31). The fraction of sp³-hybridized carbons (Fsp3) is 0.500. The average Bonchev–Trinajstić information content (AvgIpc) is 3.24. The van der Waals surface area contributed by atoms with Crippen molar-refractivity contribution < 1.29 is 51.5 Å². The molecule has 14 heteroatoms. The lowest BCUT2D eigenvalue weighted by Gasteiger charge is -2.25. The van der Waals surface area contributed by atoms with Crippen molar-refractivity contribution in [2.75, 3.05) is 13.6 Å². The van der Waals surface area contributed by atoms with Gasteiger partial charge < -0.3 is 29.3 Å². The monoisotopic (exact) mass is 517 g/mol. The highest BCUT2D eigenvalue weighted by Gasteiger charge is 2.42. The van der Waals surface area contributed by atoms with Crippen molar-refractivity contribution in [3.63, 3.8) is 0 Å². The van der Waals surface area contributed by atoms with Crippen molar-refractivity contribution in [3.8, 4) is 11.5 Å². The quantitative estimate of drug-likeness (QED) is 0.330. The molecule has 2 unspecified atom stereocenters. The second-order valence-electron chi connectivity index (χ2n) is 7.92. The number of carbonyl (C=O) groups excluding carboxylic acids is 5. The van der Waals surface area contributed by atoms with Gasteiger partial charge in [-0.15, -0.1) is 0 Å². The van der Waals surface area contributed by atoms with E-state index in [-0.39, 0.29) is 38.6 Å². The van der Waals surface area contributed by atoms with Crippen LogP contribution in [0.2, 0.25) is 0 Å². The first-order chi connectivity index (χ1) is 16.9. The molecule has 0 saturated heterocycles. The molecule has 3 amide bonds. The number of nitrogens with zero attached hydrogens (tertiary/aromatic N) is 1. The molecule has 2 N–H and O–H groups in total. The minimum atomic E-state index is -4.95. The summed E-state index contributed by atoms with van der Waals surface area (Å²) in [6.07, 6.45) is -5.80. The lowest BCUT2D eigenvalue weighted by Crippen LogP contribution is -2.44. The zero-order valence-electron chi connectivity index (χ0n) is 19.6. The maximum Gasteiger partial charge on any atom is 0.471 e. The Morgan fingerprint density at radius 3 is 2.47 bits per heavy atom. The van der Waals surface area contributed by atoms with Crippen molar-refractivity contribution in [2.24, 2.45) is 0 Å². The van der Waals surface area contributed by atoms with Crippen molar-refractivity contribution in [2.45, 2.75) is 57.5 Å². The molecule has 11 nitrogen and oxygen atoms in total. The summed E-state index contributed by atoms with van der Waals surface area (Å²) < 4.78 is 49.1. The Morgan fingerprint density at radius 1 is 1.11 bits per heavy atom. The minimum Gasteiger partial charge on any atom is -0.449 e. The molecular formula is C22H26F3N3O8. The van der Waals surface area contributed by atoms with Crippen LogP contribution in [0.4, 0.5) is 13.2 Å². The van der Waals surface area contributed by atoms with Crippen molar-refractivity contribution >= 4 is 30.0 Å². The van der Waals surface area contributed by atoms with Crippen LogP contribution in [0.5, 0.6) is 11.5 Å². The number of halogens is 3. The van der Waals surface area contributed by atoms with E-state index >= 15 is 0 Å². The lowest BCUT2D eigenvalue weighted by molar-refractivity contribution is -0.185. The molecule has 36 heavy (non-hydrogen) atoms. The number of aldehydes is 1. The van der Waals surface area contributed by atoms with E-state index in [1.54, 1.807) is 18.2 Å². The molecule has 2 rings (SSSR count). The van der Waals surface area contributed by atoms with Gasteiger partial charge in [-0.1, -0.05) is 6.07 Å². The second kappa shape index (κ2) is 12.7. The molecule has 0 fully saturated rings. The summed E-state index contributed by atoms with van der Waals surface area (Å²) in [6, 6.07) is 4.06. The molecule has 198 valence electrons. The molecule has 0 spiro atoms. The van der Waals surface area contributed by atoms with Crippen LogP contribution < -0.4 is 20.3 Å². The second-order valence-corrected chi connectivity index (χ2v) is 7.92. The zero-order valence-corrected chi connectivity index (χ0v) is 19.6. The molecule has 1 heterocycles. The van der Waals surface area contributed by atoms with Gasteiger partial charge in [0.1, 0.15) is 6.29 Å². The number of rotatable bonds is 11. The van der Waals surface area contributed by atoms with E-state index in [0.717, 1.165) is 7.05 Å². The molecule has 0 aromatic heterocycles. The Hall–Kier alpha value is -3.84. The van der Waals surface area contributed by atoms with E-state index < -0.39 is 42.2 Å². The number of hydrogen-bond donors (Lipinski definition) is 2. The van der Waals surface area contributed by atoms with Gasteiger partial charge >= 0.3 is 18.1 Å². The number of benzene rings is 1. The molecule has 1 aliphatic heterocycles. The number of nitrogens with one attached hydrogen (secondary N) is 2. The highest BCUT2D eigenvalue weighted by molar-refractivity contribution is 5.83. The van der Waals surface area contributed by atoms with Gasteiger partial charge in [-0.25, -0.2) is 4.79 Å². The third kappa shape index (κ3) is 8.74. The van der Waals surface area contributed by atoms with Crippen LogP contribution in [0.25, 0.3) is 0 Å². The number of alkyl halides is 3. The van der Waals surface area contributed by atoms with Crippen LogP contribution in [-0.4, -0.2) is 67.0 Å². The Morgan fingerprint density at radius 2 is 1.81 bits per heavy atom. The number of carbonyl (C=O) groups is 5. The maximum atomic E-state index is 12.6. The van der Waals surface area contributed by atoms with Gasteiger partial charge in [0.25, 0.3) is 12.2 Å². The third-order valence-electron chi connectivity index (χ3n) is 5.07. The number of fused-ring (bicyclic) bond motifs is 1. The molecule has 1 aromatic rings. The van der Waals surface area contributed by atoms with Crippen LogP contribution in [0.15, 0.2) is 18.2 Å². The van der Waals surface area contributed by atoms with E-state index in [2.05, 4.69) is 10.2 Å². The predicted octanol–water partition coefficient (Wildman–Crippen LogP) is 1.19. The highest BCUT2D eigenvalue weighted by atomic mass is 19.4. The number of ether oxygens (including phenoxy) is 2. The summed E-state index contributed by atoms with van der Waals surface area (Å²) in [5, 5.41) is 2.52. The molecule has 2 atom stereocenters. The van der Waals surface area contributed by atoms with Crippen molar-refractivity contribution in [1.82, 2.24) is 15.7 Å². The highest BCUT2D eigenvalue weighted by Crippen LogP contribution is 2.35. The maximum absolute atomic E-state index is 12.6. The third-order valence-corrected chi connectivity index (χ3v) is 5.07. The Bertz CT molecular complexity index is 986. The SMILES string of the molecule is CC(Cc1ccc2c(c1)OC(CNC(=O)CCC(=O)ONC(=O)CCC=O)O2)N(C)C(=O)C(F)(F)F. The van der Waals surface area contributed by atoms with Gasteiger partial charge in [0, 0.05) is 32.4 Å². The van der Waals surface area contributed by atoms with E-state index in [4.69, 9.17) is 9.47 Å². The van der Waals surface area contributed by atoms with Gasteiger partial charge in [0.15, 0.2) is 11.5 Å². The number of hydrogen-bond acceptors (Lipinski definition) is 8.